The molecule has 1 fully saturated rings. The molecular weight excluding hydrogens is 308 g/mol. The quantitative estimate of drug-likeness (QED) is 0.510. The maximum atomic E-state index is 9.53. The van der Waals surface area contributed by atoms with Gasteiger partial charge < -0.3 is 0 Å². The molecule has 1 aliphatic carbocycles. The van der Waals surface area contributed by atoms with Crippen molar-refractivity contribution in [3.05, 3.63) is 69.8 Å². The lowest BCUT2D eigenvalue weighted by Crippen LogP contribution is -2.11. The third-order valence-electron chi connectivity index (χ3n) is 6.08. The standard InChI is InChI=1S/C23H30O2/c1-15-5-7-19(8-6-15)20-9-11-21(12-10-20)23(25-24)22-13-16(2)18(4)17(3)14-22/h9-15,19,23-24H,5-8H2,1-4H3. The van der Waals surface area contributed by atoms with Crippen LogP contribution in [0.1, 0.15) is 78.0 Å². The first-order valence-corrected chi connectivity index (χ1v) is 9.47. The molecule has 1 unspecified atom stereocenters. The number of hydrogen-bond acceptors (Lipinski definition) is 2. The van der Waals surface area contributed by atoms with Crippen LogP contribution < -0.4 is 0 Å². The molecule has 2 heteroatoms. The molecule has 0 saturated heterocycles. The summed E-state index contributed by atoms with van der Waals surface area (Å²) in [7, 11) is 0. The van der Waals surface area contributed by atoms with E-state index in [2.05, 4.69) is 64.1 Å². The molecule has 1 saturated carbocycles. The molecule has 3 rings (SSSR count). The van der Waals surface area contributed by atoms with Crippen LogP contribution in [0.4, 0.5) is 0 Å². The van der Waals surface area contributed by atoms with Gasteiger partial charge in [0.25, 0.3) is 0 Å². The molecule has 134 valence electrons. The molecular formula is C23H30O2. The lowest BCUT2D eigenvalue weighted by atomic mass is 9.79. The van der Waals surface area contributed by atoms with Gasteiger partial charge in [-0.1, -0.05) is 56.2 Å². The fourth-order valence-corrected chi connectivity index (χ4v) is 4.07. The average Bonchev–Trinajstić information content (AvgIpc) is 2.61. The Balaban J connectivity index is 1.82. The minimum atomic E-state index is -0.432. The van der Waals surface area contributed by atoms with Crippen molar-refractivity contribution in [2.45, 2.75) is 65.4 Å². The molecule has 0 spiro atoms. The zero-order valence-electron chi connectivity index (χ0n) is 15.9. The molecule has 2 aromatic carbocycles. The van der Waals surface area contributed by atoms with Crippen molar-refractivity contribution in [3.63, 3.8) is 0 Å². The van der Waals surface area contributed by atoms with Crippen molar-refractivity contribution < 1.29 is 10.1 Å². The zero-order valence-corrected chi connectivity index (χ0v) is 15.9. The van der Waals surface area contributed by atoms with Crippen LogP contribution in [0, 0.1) is 26.7 Å². The van der Waals surface area contributed by atoms with Gasteiger partial charge in [-0.25, -0.2) is 4.89 Å². The smallest absolute Gasteiger partial charge is 0.143 e. The molecule has 0 radical (unpaired) electrons. The van der Waals surface area contributed by atoms with Gasteiger partial charge >= 0.3 is 0 Å². The van der Waals surface area contributed by atoms with Gasteiger partial charge in [0.2, 0.25) is 0 Å². The van der Waals surface area contributed by atoms with Gasteiger partial charge in [0.1, 0.15) is 6.10 Å². The Kier molecular flexibility index (Phi) is 5.61. The summed E-state index contributed by atoms with van der Waals surface area (Å²) < 4.78 is 0. The number of benzene rings is 2. The first-order chi connectivity index (χ1) is 12.0. The third kappa shape index (κ3) is 3.96. The Morgan fingerprint density at radius 3 is 1.96 bits per heavy atom. The van der Waals surface area contributed by atoms with Crippen molar-refractivity contribution in [2.75, 3.05) is 0 Å². The highest BCUT2D eigenvalue weighted by Gasteiger charge is 2.21. The summed E-state index contributed by atoms with van der Waals surface area (Å²) in [5.41, 5.74) is 7.17. The predicted molar refractivity (Wildman–Crippen MR) is 103 cm³/mol. The van der Waals surface area contributed by atoms with Crippen LogP contribution in [0.5, 0.6) is 0 Å². The lowest BCUT2D eigenvalue weighted by molar-refractivity contribution is -0.270. The first kappa shape index (κ1) is 18.2. The van der Waals surface area contributed by atoms with Gasteiger partial charge in [-0.05, 0) is 78.8 Å². The maximum absolute atomic E-state index is 9.53. The molecule has 0 aromatic heterocycles. The van der Waals surface area contributed by atoms with Crippen LogP contribution in [0.15, 0.2) is 36.4 Å². The largest absolute Gasteiger partial charge is 0.251 e. The molecule has 0 aliphatic heterocycles. The van der Waals surface area contributed by atoms with Gasteiger partial charge in [-0.15, -0.1) is 0 Å². The van der Waals surface area contributed by atoms with Crippen molar-refractivity contribution in [1.29, 1.82) is 0 Å². The summed E-state index contributed by atoms with van der Waals surface area (Å²) in [5.74, 6) is 1.55. The average molecular weight is 338 g/mol. The van der Waals surface area contributed by atoms with Crippen molar-refractivity contribution >= 4 is 0 Å². The highest BCUT2D eigenvalue weighted by atomic mass is 17.1. The van der Waals surface area contributed by atoms with E-state index in [1.807, 2.05) is 0 Å². The molecule has 1 N–H and O–H groups in total. The zero-order chi connectivity index (χ0) is 18.0. The molecule has 2 nitrogen and oxygen atoms in total. The summed E-state index contributed by atoms with van der Waals surface area (Å²) in [6, 6.07) is 12.9. The van der Waals surface area contributed by atoms with Crippen molar-refractivity contribution in [3.8, 4) is 0 Å². The highest BCUT2D eigenvalue weighted by Crippen LogP contribution is 2.36. The fraction of sp³-hybridized carbons (Fsp3) is 0.478. The Morgan fingerprint density at radius 2 is 1.44 bits per heavy atom. The van der Waals surface area contributed by atoms with Crippen molar-refractivity contribution in [2.24, 2.45) is 5.92 Å². The molecule has 0 heterocycles. The van der Waals surface area contributed by atoms with E-state index in [-0.39, 0.29) is 0 Å². The summed E-state index contributed by atoms with van der Waals surface area (Å²) >= 11 is 0. The van der Waals surface area contributed by atoms with E-state index in [9.17, 15) is 5.26 Å². The van der Waals surface area contributed by atoms with Gasteiger partial charge in [-0.2, -0.15) is 0 Å². The summed E-state index contributed by atoms with van der Waals surface area (Å²) in [5, 5.41) is 9.53. The molecule has 25 heavy (non-hydrogen) atoms. The summed E-state index contributed by atoms with van der Waals surface area (Å²) in [4.78, 5) is 4.87. The topological polar surface area (TPSA) is 29.5 Å². The van der Waals surface area contributed by atoms with Gasteiger partial charge in [-0.3, -0.25) is 5.26 Å². The monoisotopic (exact) mass is 338 g/mol. The van der Waals surface area contributed by atoms with E-state index in [0.717, 1.165) is 17.0 Å². The predicted octanol–water partition coefficient (Wildman–Crippen LogP) is 6.48. The summed E-state index contributed by atoms with van der Waals surface area (Å²) in [6.45, 7) is 8.69. The van der Waals surface area contributed by atoms with Crippen molar-refractivity contribution in [1.82, 2.24) is 0 Å². The Hall–Kier alpha value is -1.64. The van der Waals surface area contributed by atoms with E-state index in [1.165, 1.54) is 47.9 Å². The van der Waals surface area contributed by atoms with Gasteiger partial charge in [0, 0.05) is 0 Å². The lowest BCUT2D eigenvalue weighted by Gasteiger charge is -2.26. The fourth-order valence-electron chi connectivity index (χ4n) is 4.07. The van der Waals surface area contributed by atoms with E-state index in [0.29, 0.717) is 5.92 Å². The number of aryl methyl sites for hydroxylation is 2. The Bertz CT molecular complexity index is 686. The van der Waals surface area contributed by atoms with Gasteiger partial charge in [0.05, 0.1) is 0 Å². The minimum absolute atomic E-state index is 0.432. The normalized spacial score (nSPS) is 22.0. The van der Waals surface area contributed by atoms with Gasteiger partial charge in [0.15, 0.2) is 0 Å². The van der Waals surface area contributed by atoms with Crippen LogP contribution in [-0.4, -0.2) is 5.26 Å². The molecule has 1 atom stereocenters. The molecule has 0 amide bonds. The van der Waals surface area contributed by atoms with E-state index >= 15 is 0 Å². The minimum Gasteiger partial charge on any atom is -0.251 e. The SMILES string of the molecule is Cc1cc(C(OO)c2ccc(C3CCC(C)CC3)cc2)cc(C)c1C. The van der Waals surface area contributed by atoms with E-state index in [4.69, 9.17) is 4.89 Å². The number of rotatable bonds is 4. The Morgan fingerprint density at radius 1 is 0.880 bits per heavy atom. The van der Waals surface area contributed by atoms with Crippen LogP contribution in [0.2, 0.25) is 0 Å². The summed E-state index contributed by atoms with van der Waals surface area (Å²) in [6.07, 6.45) is 4.81. The van der Waals surface area contributed by atoms with E-state index in [1.54, 1.807) is 0 Å². The first-order valence-electron chi connectivity index (χ1n) is 9.47. The Labute approximate surface area is 151 Å². The van der Waals surface area contributed by atoms with Crippen LogP contribution in [-0.2, 0) is 4.89 Å². The second-order valence-electron chi connectivity index (χ2n) is 7.89. The van der Waals surface area contributed by atoms with Crippen LogP contribution in [0.25, 0.3) is 0 Å². The molecule has 0 bridgehead atoms. The van der Waals surface area contributed by atoms with E-state index < -0.39 is 6.10 Å². The third-order valence-corrected chi connectivity index (χ3v) is 6.08. The second kappa shape index (κ2) is 7.72. The maximum Gasteiger partial charge on any atom is 0.143 e. The molecule has 2 aromatic rings. The highest BCUT2D eigenvalue weighted by molar-refractivity contribution is 5.41. The van der Waals surface area contributed by atoms with Crippen LogP contribution in [0.3, 0.4) is 0 Å². The van der Waals surface area contributed by atoms with Crippen LogP contribution >= 0.6 is 0 Å². The number of hydrogen-bond donors (Lipinski definition) is 1. The molecule has 1 aliphatic rings. The second-order valence-corrected chi connectivity index (χ2v) is 7.89.